The molecule has 3 N–H and O–H groups in total. The Kier molecular flexibility index (Phi) is 9.48. The summed E-state index contributed by atoms with van der Waals surface area (Å²) in [7, 11) is 0. The zero-order valence-electron chi connectivity index (χ0n) is 22.8. The predicted octanol–water partition coefficient (Wildman–Crippen LogP) is 3.56. The summed E-state index contributed by atoms with van der Waals surface area (Å²) in [5.41, 5.74) is -0.345. The fourth-order valence-electron chi connectivity index (χ4n) is 5.69. The van der Waals surface area contributed by atoms with Crippen molar-refractivity contribution in [3.05, 3.63) is 65.0 Å². The fourth-order valence-corrected chi connectivity index (χ4v) is 5.69. The van der Waals surface area contributed by atoms with Crippen LogP contribution in [-0.4, -0.2) is 71.2 Å². The lowest BCUT2D eigenvalue weighted by Gasteiger charge is -2.39. The molecule has 1 aromatic heterocycles. The zero-order valence-corrected chi connectivity index (χ0v) is 22.8. The summed E-state index contributed by atoms with van der Waals surface area (Å²) in [6.07, 6.45) is 0.464. The molecule has 40 heavy (non-hydrogen) atoms. The lowest BCUT2D eigenvalue weighted by atomic mass is 9.78. The van der Waals surface area contributed by atoms with Crippen molar-refractivity contribution < 1.29 is 32.6 Å². The summed E-state index contributed by atoms with van der Waals surface area (Å²) in [6, 6.07) is 7.81. The topological polar surface area (TPSA) is 104 Å². The van der Waals surface area contributed by atoms with Gasteiger partial charge in [-0.25, -0.2) is 0 Å². The molecule has 1 saturated carbocycles. The minimum Gasteiger partial charge on any atom is -0.384 e. The van der Waals surface area contributed by atoms with Gasteiger partial charge in [0, 0.05) is 37.5 Å². The Balaban J connectivity index is 1.32. The van der Waals surface area contributed by atoms with Crippen LogP contribution >= 0.6 is 0 Å². The van der Waals surface area contributed by atoms with Crippen LogP contribution in [-0.2, 0) is 21.3 Å². The first-order valence-electron chi connectivity index (χ1n) is 13.7. The van der Waals surface area contributed by atoms with Gasteiger partial charge in [0.05, 0.1) is 29.9 Å². The second kappa shape index (κ2) is 12.7. The third kappa shape index (κ3) is 7.18. The molecule has 1 aliphatic carbocycles. The summed E-state index contributed by atoms with van der Waals surface area (Å²) in [6.45, 7) is 5.33. The van der Waals surface area contributed by atoms with E-state index in [1.54, 1.807) is 6.20 Å². The molecule has 0 bridgehead atoms. The molecular formula is C29H37F3N4O4. The smallest absolute Gasteiger partial charge is 0.384 e. The number of carbonyl (C=O) groups excluding carboxylic acids is 2. The normalized spacial score (nSPS) is 25.5. The number of aromatic nitrogens is 1. The first-order valence-corrected chi connectivity index (χ1v) is 13.7. The molecule has 0 radical (unpaired) electrons. The van der Waals surface area contributed by atoms with Gasteiger partial charge in [0.25, 0.3) is 5.91 Å². The van der Waals surface area contributed by atoms with Crippen molar-refractivity contribution in [2.24, 2.45) is 0 Å². The largest absolute Gasteiger partial charge is 0.416 e. The Morgan fingerprint density at radius 2 is 1.93 bits per heavy atom. The first-order chi connectivity index (χ1) is 19.0. The third-order valence-electron chi connectivity index (χ3n) is 7.79. The molecule has 1 aliphatic heterocycles. The maximum atomic E-state index is 13.0. The summed E-state index contributed by atoms with van der Waals surface area (Å²) in [4.78, 5) is 31.8. The second-order valence-electron chi connectivity index (χ2n) is 10.7. The molecule has 2 heterocycles. The van der Waals surface area contributed by atoms with Crippen molar-refractivity contribution in [3.63, 3.8) is 0 Å². The van der Waals surface area contributed by atoms with Gasteiger partial charge in [0.2, 0.25) is 5.91 Å². The number of carbonyl (C=O) groups is 2. The van der Waals surface area contributed by atoms with Crippen LogP contribution in [0.3, 0.4) is 0 Å². The van der Waals surface area contributed by atoms with Gasteiger partial charge >= 0.3 is 6.18 Å². The zero-order chi connectivity index (χ0) is 28.9. The number of benzene rings is 1. The second-order valence-corrected chi connectivity index (χ2v) is 10.7. The number of aliphatic hydroxyl groups is 1. The molecule has 2 aromatic rings. The van der Waals surface area contributed by atoms with Crippen LogP contribution in [0.1, 0.15) is 66.2 Å². The molecule has 2 fully saturated rings. The van der Waals surface area contributed by atoms with E-state index < -0.39 is 29.2 Å². The molecular weight excluding hydrogens is 525 g/mol. The van der Waals surface area contributed by atoms with Crippen LogP contribution in [0.2, 0.25) is 0 Å². The van der Waals surface area contributed by atoms with Gasteiger partial charge in [-0.1, -0.05) is 19.1 Å². The number of amides is 2. The minimum absolute atomic E-state index is 0.169. The third-order valence-corrected chi connectivity index (χ3v) is 7.79. The standard InChI is InChI=1S/C29H37F3N4O4/c1-3-14-40-24-18-36(22-9-11-28(39,12-10-22)26-19(2)6-5-13-33-26)17-23(24)35-25(37)16-34-27(38)20-7-4-8-21(15-20)29(30,31)32/h4-8,13,15,22-24,39H,3,9-12,14,16-18H2,1-2H3,(H,34,38)(H,35,37)/t22?,23-,24-,28?/m0/s1. The van der Waals surface area contributed by atoms with E-state index >= 15 is 0 Å². The van der Waals surface area contributed by atoms with E-state index in [1.807, 2.05) is 26.0 Å². The van der Waals surface area contributed by atoms with Crippen molar-refractivity contribution in [1.29, 1.82) is 0 Å². The van der Waals surface area contributed by atoms with Crippen LogP contribution in [0.5, 0.6) is 0 Å². The average Bonchev–Trinajstić information content (AvgIpc) is 3.32. The van der Waals surface area contributed by atoms with Crippen LogP contribution < -0.4 is 10.6 Å². The van der Waals surface area contributed by atoms with Gasteiger partial charge in [0.1, 0.15) is 5.60 Å². The molecule has 1 saturated heterocycles. The van der Waals surface area contributed by atoms with Gasteiger partial charge in [-0.15, -0.1) is 0 Å². The molecule has 2 amide bonds. The number of alkyl halides is 3. The molecule has 0 spiro atoms. The van der Waals surface area contributed by atoms with Crippen molar-refractivity contribution >= 4 is 11.8 Å². The number of halogens is 3. The van der Waals surface area contributed by atoms with E-state index in [0.29, 0.717) is 32.5 Å². The summed E-state index contributed by atoms with van der Waals surface area (Å²) >= 11 is 0. The summed E-state index contributed by atoms with van der Waals surface area (Å²) in [5.74, 6) is -1.20. The monoisotopic (exact) mass is 562 g/mol. The van der Waals surface area contributed by atoms with E-state index in [2.05, 4.69) is 20.5 Å². The van der Waals surface area contributed by atoms with Gasteiger partial charge in [0.15, 0.2) is 0 Å². The molecule has 0 unspecified atom stereocenters. The van der Waals surface area contributed by atoms with E-state index in [0.717, 1.165) is 48.7 Å². The maximum absolute atomic E-state index is 13.0. The van der Waals surface area contributed by atoms with E-state index in [9.17, 15) is 27.9 Å². The first kappa shape index (κ1) is 30.0. The Morgan fingerprint density at radius 3 is 2.60 bits per heavy atom. The van der Waals surface area contributed by atoms with Gasteiger partial charge in [-0.3, -0.25) is 19.5 Å². The molecule has 2 atom stereocenters. The molecule has 2 aliphatic rings. The highest BCUT2D eigenvalue weighted by Gasteiger charge is 2.43. The van der Waals surface area contributed by atoms with Crippen LogP contribution in [0.25, 0.3) is 0 Å². The Labute approximate surface area is 232 Å². The number of hydrogen-bond donors (Lipinski definition) is 3. The number of ether oxygens (including phenoxy) is 1. The van der Waals surface area contributed by atoms with Crippen LogP contribution in [0.4, 0.5) is 13.2 Å². The van der Waals surface area contributed by atoms with E-state index in [4.69, 9.17) is 4.74 Å². The van der Waals surface area contributed by atoms with E-state index in [-0.39, 0.29) is 30.3 Å². The average molecular weight is 563 g/mol. The molecule has 8 nitrogen and oxygen atoms in total. The lowest BCUT2D eigenvalue weighted by molar-refractivity contribution is -0.137. The van der Waals surface area contributed by atoms with Crippen LogP contribution in [0.15, 0.2) is 42.6 Å². The maximum Gasteiger partial charge on any atom is 0.416 e. The number of pyridine rings is 1. The van der Waals surface area contributed by atoms with Gasteiger partial charge < -0.3 is 20.5 Å². The summed E-state index contributed by atoms with van der Waals surface area (Å²) < 4.78 is 44.9. The number of rotatable bonds is 9. The number of nitrogens with one attached hydrogen (secondary N) is 2. The highest BCUT2D eigenvalue weighted by molar-refractivity contribution is 5.96. The SMILES string of the molecule is CCCO[C@H]1CN(C2CCC(O)(c3ncccc3C)CC2)C[C@@H]1NC(=O)CNC(=O)c1cccc(C(F)(F)F)c1. The van der Waals surface area contributed by atoms with Crippen molar-refractivity contribution in [2.45, 2.75) is 75.9 Å². The van der Waals surface area contributed by atoms with Crippen molar-refractivity contribution in [2.75, 3.05) is 26.2 Å². The van der Waals surface area contributed by atoms with Crippen molar-refractivity contribution in [3.8, 4) is 0 Å². The molecule has 1 aromatic carbocycles. The molecule has 4 rings (SSSR count). The summed E-state index contributed by atoms with van der Waals surface area (Å²) in [5, 5.41) is 16.7. The number of nitrogens with zero attached hydrogens (tertiary/aromatic N) is 2. The predicted molar refractivity (Wildman–Crippen MR) is 142 cm³/mol. The molecule has 11 heteroatoms. The molecule has 218 valence electrons. The van der Waals surface area contributed by atoms with Gasteiger partial charge in [-0.05, 0) is 68.9 Å². The highest BCUT2D eigenvalue weighted by atomic mass is 19.4. The number of aryl methyl sites for hydroxylation is 1. The highest BCUT2D eigenvalue weighted by Crippen LogP contribution is 2.39. The minimum atomic E-state index is -4.57. The number of likely N-dealkylation sites (tertiary alicyclic amines) is 1. The Bertz CT molecular complexity index is 1180. The van der Waals surface area contributed by atoms with E-state index in [1.165, 1.54) is 6.07 Å². The quantitative estimate of drug-likeness (QED) is 0.432. The van der Waals surface area contributed by atoms with Crippen molar-refractivity contribution in [1.82, 2.24) is 20.5 Å². The number of hydrogen-bond acceptors (Lipinski definition) is 6. The van der Waals surface area contributed by atoms with Gasteiger partial charge in [-0.2, -0.15) is 13.2 Å². The Morgan fingerprint density at radius 1 is 1.18 bits per heavy atom. The Hall–Kier alpha value is -3.02. The fraction of sp³-hybridized carbons (Fsp3) is 0.552. The van der Waals surface area contributed by atoms with Crippen LogP contribution in [0, 0.1) is 6.92 Å². The lowest BCUT2D eigenvalue weighted by Crippen LogP contribution is -2.48.